The zero-order chi connectivity index (χ0) is 13.5. The summed E-state index contributed by atoms with van der Waals surface area (Å²) in [6.07, 6.45) is 0. The number of guanidine groups is 2. The molecule has 4 N–H and O–H groups in total. The van der Waals surface area contributed by atoms with Crippen LogP contribution >= 0.6 is 35.6 Å². The van der Waals surface area contributed by atoms with Crippen molar-refractivity contribution in [2.24, 2.45) is 21.5 Å². The Balaban J connectivity index is 0.00000180. The van der Waals surface area contributed by atoms with Crippen LogP contribution in [0.2, 0.25) is 10.0 Å². The van der Waals surface area contributed by atoms with E-state index in [1.807, 2.05) is 13.8 Å². The van der Waals surface area contributed by atoms with Gasteiger partial charge in [-0.25, -0.2) is 4.99 Å². The first kappa shape index (κ1) is 15.9. The van der Waals surface area contributed by atoms with E-state index in [1.54, 1.807) is 23.1 Å². The Labute approximate surface area is 127 Å². The molecule has 0 amide bonds. The third kappa shape index (κ3) is 3.05. The summed E-state index contributed by atoms with van der Waals surface area (Å²) >= 11 is 12.0. The number of benzene rings is 1. The molecule has 5 nitrogen and oxygen atoms in total. The van der Waals surface area contributed by atoms with Gasteiger partial charge in [-0.05, 0) is 32.0 Å². The Kier molecular flexibility index (Phi) is 4.55. The normalized spacial score (nSPS) is 17.4. The van der Waals surface area contributed by atoms with E-state index in [0.717, 1.165) is 0 Å². The van der Waals surface area contributed by atoms with Crippen LogP contribution in [-0.2, 0) is 0 Å². The second kappa shape index (κ2) is 5.45. The van der Waals surface area contributed by atoms with Crippen LogP contribution in [0, 0.1) is 0 Å². The second-order valence-electron chi connectivity index (χ2n) is 4.37. The number of nitrogens with zero attached hydrogens (tertiary/aromatic N) is 3. The first-order valence-electron chi connectivity index (χ1n) is 5.26. The molecule has 1 heterocycles. The van der Waals surface area contributed by atoms with Crippen LogP contribution in [0.25, 0.3) is 0 Å². The van der Waals surface area contributed by atoms with Crippen molar-refractivity contribution in [3.63, 3.8) is 0 Å². The van der Waals surface area contributed by atoms with E-state index in [-0.39, 0.29) is 24.3 Å². The van der Waals surface area contributed by atoms with Crippen LogP contribution in [0.4, 0.5) is 5.69 Å². The summed E-state index contributed by atoms with van der Waals surface area (Å²) in [5, 5.41) is 1.03. The molecule has 0 saturated carbocycles. The van der Waals surface area contributed by atoms with Crippen molar-refractivity contribution in [2.45, 2.75) is 19.5 Å². The van der Waals surface area contributed by atoms with Gasteiger partial charge < -0.3 is 11.5 Å². The summed E-state index contributed by atoms with van der Waals surface area (Å²) < 4.78 is 0. The largest absolute Gasteiger partial charge is 0.369 e. The monoisotopic (exact) mass is 321 g/mol. The zero-order valence-corrected chi connectivity index (χ0v) is 12.7. The molecule has 0 bridgehead atoms. The molecule has 0 saturated heterocycles. The molecule has 1 aliphatic heterocycles. The molecule has 0 radical (unpaired) electrons. The number of hydrogen-bond acceptors (Lipinski definition) is 5. The van der Waals surface area contributed by atoms with Gasteiger partial charge in [-0.15, -0.1) is 12.4 Å². The number of hydrogen-bond donors (Lipinski definition) is 2. The van der Waals surface area contributed by atoms with Gasteiger partial charge in [0, 0.05) is 5.02 Å². The fourth-order valence-corrected chi connectivity index (χ4v) is 2.38. The molecule has 0 spiro atoms. The van der Waals surface area contributed by atoms with E-state index in [2.05, 4.69) is 9.98 Å². The molecule has 1 aromatic rings. The van der Waals surface area contributed by atoms with Crippen molar-refractivity contribution in [3.05, 3.63) is 28.2 Å². The average molecular weight is 323 g/mol. The molecule has 1 aromatic carbocycles. The van der Waals surface area contributed by atoms with Gasteiger partial charge in [0.05, 0.1) is 10.7 Å². The van der Waals surface area contributed by atoms with Crippen molar-refractivity contribution >= 4 is 53.2 Å². The van der Waals surface area contributed by atoms with E-state index >= 15 is 0 Å². The SMILES string of the molecule is CC1(C)N=C(N)N=C(N)N1c1ccc(Cl)cc1Cl.Cl. The molecule has 0 aliphatic carbocycles. The number of halogens is 3. The van der Waals surface area contributed by atoms with Gasteiger partial charge in [0.2, 0.25) is 11.9 Å². The van der Waals surface area contributed by atoms with Gasteiger partial charge in [-0.1, -0.05) is 23.2 Å². The second-order valence-corrected chi connectivity index (χ2v) is 5.21. The molecular weight excluding hydrogens is 309 g/mol. The van der Waals surface area contributed by atoms with E-state index in [4.69, 9.17) is 34.7 Å². The number of nitrogens with two attached hydrogens (primary N) is 2. The minimum Gasteiger partial charge on any atom is -0.369 e. The summed E-state index contributed by atoms with van der Waals surface area (Å²) in [4.78, 5) is 9.91. The maximum Gasteiger partial charge on any atom is 0.220 e. The van der Waals surface area contributed by atoms with Gasteiger partial charge in [-0.2, -0.15) is 4.99 Å². The lowest BCUT2D eigenvalue weighted by Crippen LogP contribution is -2.54. The number of rotatable bonds is 1. The van der Waals surface area contributed by atoms with Gasteiger partial charge in [-0.3, -0.25) is 4.90 Å². The lowest BCUT2D eigenvalue weighted by molar-refractivity contribution is 0.534. The van der Waals surface area contributed by atoms with Crippen molar-refractivity contribution in [1.29, 1.82) is 0 Å². The summed E-state index contributed by atoms with van der Waals surface area (Å²) in [6.45, 7) is 3.73. The van der Waals surface area contributed by atoms with Crippen LogP contribution < -0.4 is 16.4 Å². The molecule has 0 aromatic heterocycles. The summed E-state index contributed by atoms with van der Waals surface area (Å²) in [7, 11) is 0. The molecular formula is C11H14Cl3N5. The maximum atomic E-state index is 6.18. The minimum atomic E-state index is -0.659. The summed E-state index contributed by atoms with van der Waals surface area (Å²) in [6, 6.07) is 5.14. The molecule has 0 unspecified atom stereocenters. The maximum absolute atomic E-state index is 6.18. The van der Waals surface area contributed by atoms with Crippen molar-refractivity contribution < 1.29 is 0 Å². The van der Waals surface area contributed by atoms with Crippen LogP contribution in [0.1, 0.15) is 13.8 Å². The topological polar surface area (TPSA) is 80.0 Å². The predicted molar refractivity (Wildman–Crippen MR) is 83.5 cm³/mol. The quantitative estimate of drug-likeness (QED) is 0.834. The molecule has 0 atom stereocenters. The van der Waals surface area contributed by atoms with Gasteiger partial charge in [0.25, 0.3) is 0 Å². The smallest absolute Gasteiger partial charge is 0.220 e. The highest BCUT2D eigenvalue weighted by molar-refractivity contribution is 6.37. The summed E-state index contributed by atoms with van der Waals surface area (Å²) in [5.41, 5.74) is 11.5. The van der Waals surface area contributed by atoms with Crippen LogP contribution in [0.5, 0.6) is 0 Å². The lowest BCUT2D eigenvalue weighted by Gasteiger charge is -2.38. The Morgan fingerprint density at radius 3 is 2.37 bits per heavy atom. The van der Waals surface area contributed by atoms with Crippen molar-refractivity contribution in [3.8, 4) is 0 Å². The molecule has 104 valence electrons. The van der Waals surface area contributed by atoms with E-state index in [9.17, 15) is 0 Å². The zero-order valence-electron chi connectivity index (χ0n) is 10.4. The first-order chi connectivity index (χ1) is 8.31. The van der Waals surface area contributed by atoms with Gasteiger partial charge in [0.1, 0.15) is 5.66 Å². The predicted octanol–water partition coefficient (Wildman–Crippen LogP) is 2.60. The Hall–Kier alpha value is -1.17. The fourth-order valence-electron chi connectivity index (χ4n) is 1.88. The lowest BCUT2D eigenvalue weighted by atomic mass is 10.1. The highest BCUT2D eigenvalue weighted by Gasteiger charge is 2.34. The first-order valence-corrected chi connectivity index (χ1v) is 6.01. The Bertz CT molecular complexity index is 553. The molecule has 1 aliphatic rings. The van der Waals surface area contributed by atoms with Gasteiger partial charge >= 0.3 is 0 Å². The Morgan fingerprint density at radius 1 is 1.21 bits per heavy atom. The molecule has 0 fully saturated rings. The molecule has 19 heavy (non-hydrogen) atoms. The van der Waals surface area contributed by atoms with Crippen LogP contribution in [-0.4, -0.2) is 17.6 Å². The highest BCUT2D eigenvalue weighted by atomic mass is 35.5. The third-order valence-electron chi connectivity index (χ3n) is 2.54. The van der Waals surface area contributed by atoms with Crippen molar-refractivity contribution in [1.82, 2.24) is 0 Å². The highest BCUT2D eigenvalue weighted by Crippen LogP contribution is 2.34. The number of anilines is 1. The third-order valence-corrected chi connectivity index (χ3v) is 3.08. The Morgan fingerprint density at radius 2 is 1.84 bits per heavy atom. The average Bonchev–Trinajstić information content (AvgIpc) is 2.18. The van der Waals surface area contributed by atoms with E-state index < -0.39 is 5.66 Å². The number of aliphatic imine (C=N–C) groups is 2. The van der Waals surface area contributed by atoms with Crippen LogP contribution in [0.3, 0.4) is 0 Å². The van der Waals surface area contributed by atoms with Crippen molar-refractivity contribution in [2.75, 3.05) is 4.90 Å². The molecule has 2 rings (SSSR count). The minimum absolute atomic E-state index is 0. The van der Waals surface area contributed by atoms with Crippen LogP contribution in [0.15, 0.2) is 28.2 Å². The summed E-state index contributed by atoms with van der Waals surface area (Å²) in [5.74, 6) is 0.399. The fraction of sp³-hybridized carbons (Fsp3) is 0.273. The van der Waals surface area contributed by atoms with E-state index in [1.165, 1.54) is 0 Å². The molecule has 8 heteroatoms. The van der Waals surface area contributed by atoms with E-state index in [0.29, 0.717) is 15.7 Å². The standard InChI is InChI=1S/C11H13Cl2N5.ClH/c1-11(2)17-9(14)16-10(15)18(11)8-4-3-6(12)5-7(8)13;/h3-5H,1-2H3,(H4,14,15,16,17);1H. The van der Waals surface area contributed by atoms with Gasteiger partial charge in [0.15, 0.2) is 0 Å².